The lowest BCUT2D eigenvalue weighted by Crippen LogP contribution is -2.16. The minimum Gasteiger partial charge on any atom is -0.495 e. The van der Waals surface area contributed by atoms with Crippen LogP contribution in [0.1, 0.15) is 27.6 Å². The Labute approximate surface area is 189 Å². The fourth-order valence-corrected chi connectivity index (χ4v) is 4.02. The van der Waals surface area contributed by atoms with Crippen molar-refractivity contribution in [2.24, 2.45) is 0 Å². The number of non-ortho nitro benzene ring substituents is 1. The Morgan fingerprint density at radius 2 is 1.67 bits per heavy atom. The normalized spacial score (nSPS) is 10.8. The molecule has 1 amide bonds. The van der Waals surface area contributed by atoms with Crippen molar-refractivity contribution >= 4 is 38.8 Å². The van der Waals surface area contributed by atoms with E-state index < -0.39 is 20.9 Å². The standard InChI is InChI=1S/C22H19N3O7S/c1-14(26)15-5-3-7-17(11-15)23-22(27)16-6-4-8-19(12-16)33(30,31)24-20-13-18(25(28)29)9-10-21(20)32-2/h3-13,24H,1-2H3,(H,23,27). The third-order valence-corrected chi connectivity index (χ3v) is 5.93. The number of sulfonamides is 1. The number of nitrogens with zero attached hydrogens (tertiary/aromatic N) is 1. The molecular formula is C22H19N3O7S. The highest BCUT2D eigenvalue weighted by Crippen LogP contribution is 2.31. The molecule has 10 nitrogen and oxygen atoms in total. The molecule has 0 unspecified atom stereocenters. The molecule has 0 radical (unpaired) electrons. The van der Waals surface area contributed by atoms with E-state index in [1.54, 1.807) is 18.2 Å². The van der Waals surface area contributed by atoms with Crippen molar-refractivity contribution in [3.8, 4) is 5.75 Å². The Bertz CT molecular complexity index is 1350. The number of rotatable bonds is 8. The van der Waals surface area contributed by atoms with Gasteiger partial charge in [-0.25, -0.2) is 8.42 Å². The number of ketones is 1. The number of ether oxygens (including phenoxy) is 1. The van der Waals surface area contributed by atoms with Crippen molar-refractivity contribution in [2.75, 3.05) is 17.1 Å². The molecule has 0 aliphatic heterocycles. The quantitative estimate of drug-likeness (QED) is 0.289. The van der Waals surface area contributed by atoms with Crippen molar-refractivity contribution in [1.82, 2.24) is 0 Å². The van der Waals surface area contributed by atoms with Gasteiger partial charge in [-0.2, -0.15) is 0 Å². The SMILES string of the molecule is COc1ccc([N+](=O)[O-])cc1NS(=O)(=O)c1cccc(C(=O)Nc2cccc(C(C)=O)c2)c1. The molecule has 3 aromatic carbocycles. The molecule has 170 valence electrons. The minimum absolute atomic E-state index is 0.0529. The van der Waals surface area contributed by atoms with Crippen LogP contribution in [0, 0.1) is 10.1 Å². The summed E-state index contributed by atoms with van der Waals surface area (Å²) in [7, 11) is -2.92. The van der Waals surface area contributed by atoms with Crippen LogP contribution >= 0.6 is 0 Å². The van der Waals surface area contributed by atoms with Gasteiger partial charge in [-0.1, -0.05) is 18.2 Å². The summed E-state index contributed by atoms with van der Waals surface area (Å²) < 4.78 is 33.1. The van der Waals surface area contributed by atoms with Crippen molar-refractivity contribution in [3.05, 3.63) is 88.0 Å². The molecule has 0 aliphatic carbocycles. The van der Waals surface area contributed by atoms with Crippen LogP contribution in [0.2, 0.25) is 0 Å². The van der Waals surface area contributed by atoms with Gasteiger partial charge in [0.1, 0.15) is 5.75 Å². The predicted molar refractivity (Wildman–Crippen MR) is 121 cm³/mol. The lowest BCUT2D eigenvalue weighted by molar-refractivity contribution is -0.384. The van der Waals surface area contributed by atoms with Gasteiger partial charge in [-0.15, -0.1) is 0 Å². The van der Waals surface area contributed by atoms with Gasteiger partial charge in [0.2, 0.25) is 0 Å². The number of amides is 1. The fraction of sp³-hybridized carbons (Fsp3) is 0.0909. The number of nitro groups is 1. The van der Waals surface area contributed by atoms with Crippen molar-refractivity contribution in [3.63, 3.8) is 0 Å². The first-order valence-corrected chi connectivity index (χ1v) is 11.0. The van der Waals surface area contributed by atoms with Crippen molar-refractivity contribution in [1.29, 1.82) is 0 Å². The number of nitro benzene ring substituents is 1. The number of hydrogen-bond acceptors (Lipinski definition) is 7. The summed E-state index contributed by atoms with van der Waals surface area (Å²) in [4.78, 5) is 34.3. The largest absolute Gasteiger partial charge is 0.495 e. The van der Waals surface area contributed by atoms with Crippen molar-refractivity contribution in [2.45, 2.75) is 11.8 Å². The molecule has 2 N–H and O–H groups in total. The molecule has 0 aromatic heterocycles. The van der Waals surface area contributed by atoms with Gasteiger partial charge in [0.25, 0.3) is 21.6 Å². The molecule has 3 aromatic rings. The molecule has 0 heterocycles. The molecule has 0 spiro atoms. The first-order chi connectivity index (χ1) is 15.6. The highest BCUT2D eigenvalue weighted by Gasteiger charge is 2.20. The number of carbonyl (C=O) groups excluding carboxylic acids is 2. The average molecular weight is 469 g/mol. The third-order valence-electron chi connectivity index (χ3n) is 4.57. The summed E-state index contributed by atoms with van der Waals surface area (Å²) in [6.07, 6.45) is 0. The number of methoxy groups -OCH3 is 1. The summed E-state index contributed by atoms with van der Waals surface area (Å²) in [5.74, 6) is -0.661. The molecule has 0 saturated heterocycles. The number of nitrogens with one attached hydrogen (secondary N) is 2. The van der Waals surface area contributed by atoms with E-state index in [9.17, 15) is 28.1 Å². The number of anilines is 2. The van der Waals surface area contributed by atoms with E-state index in [4.69, 9.17) is 4.74 Å². The minimum atomic E-state index is -4.21. The number of hydrogen-bond donors (Lipinski definition) is 2. The molecule has 0 saturated carbocycles. The molecule has 33 heavy (non-hydrogen) atoms. The lowest BCUT2D eigenvalue weighted by Gasteiger charge is -2.12. The van der Waals surface area contributed by atoms with Crippen LogP contribution in [0.5, 0.6) is 5.75 Å². The van der Waals surface area contributed by atoms with E-state index >= 15 is 0 Å². The van der Waals surface area contributed by atoms with Gasteiger partial charge in [0, 0.05) is 28.9 Å². The van der Waals surface area contributed by atoms with Crippen LogP contribution in [0.3, 0.4) is 0 Å². The van der Waals surface area contributed by atoms with E-state index in [0.717, 1.165) is 12.1 Å². The Morgan fingerprint density at radius 1 is 0.970 bits per heavy atom. The first-order valence-electron chi connectivity index (χ1n) is 9.48. The van der Waals surface area contributed by atoms with Crippen LogP contribution in [-0.2, 0) is 10.0 Å². The number of carbonyl (C=O) groups is 2. The fourth-order valence-electron chi connectivity index (χ4n) is 2.92. The zero-order chi connectivity index (χ0) is 24.2. The number of Topliss-reactive ketones (excluding diaryl/α,β-unsaturated/α-hetero) is 1. The van der Waals surface area contributed by atoms with E-state index in [2.05, 4.69) is 10.0 Å². The Hall–Kier alpha value is -4.25. The Morgan fingerprint density at radius 3 is 2.33 bits per heavy atom. The second-order valence-corrected chi connectivity index (χ2v) is 8.55. The highest BCUT2D eigenvalue weighted by atomic mass is 32.2. The van der Waals surface area contributed by atoms with Gasteiger partial charge in [-0.3, -0.25) is 24.4 Å². The summed E-state index contributed by atoms with van der Waals surface area (Å²) in [5, 5.41) is 13.7. The average Bonchev–Trinajstić information content (AvgIpc) is 2.79. The second kappa shape index (κ2) is 9.49. The van der Waals surface area contributed by atoms with Crippen LogP contribution in [0.15, 0.2) is 71.6 Å². The second-order valence-electron chi connectivity index (χ2n) is 6.87. The van der Waals surface area contributed by atoms with E-state index in [-0.39, 0.29) is 33.4 Å². The van der Waals surface area contributed by atoms with Crippen LogP contribution in [0.4, 0.5) is 17.1 Å². The number of benzene rings is 3. The van der Waals surface area contributed by atoms with Crippen molar-refractivity contribution < 1.29 is 27.7 Å². The zero-order valence-corrected chi connectivity index (χ0v) is 18.4. The molecule has 0 aliphatic rings. The summed E-state index contributed by atoms with van der Waals surface area (Å²) in [5.41, 5.74) is 0.397. The Kier molecular flexibility index (Phi) is 6.73. The summed E-state index contributed by atoms with van der Waals surface area (Å²) in [6, 6.07) is 15.1. The molecule has 0 fully saturated rings. The van der Waals surface area contributed by atoms with Gasteiger partial charge in [-0.05, 0) is 43.3 Å². The summed E-state index contributed by atoms with van der Waals surface area (Å²) >= 11 is 0. The van der Waals surface area contributed by atoms with Gasteiger partial charge >= 0.3 is 0 Å². The highest BCUT2D eigenvalue weighted by molar-refractivity contribution is 7.92. The zero-order valence-electron chi connectivity index (χ0n) is 17.6. The topological polar surface area (TPSA) is 145 Å². The maximum absolute atomic E-state index is 12.9. The molecule has 11 heteroatoms. The maximum atomic E-state index is 12.9. The van der Waals surface area contributed by atoms with Gasteiger partial charge in [0.05, 0.1) is 22.6 Å². The van der Waals surface area contributed by atoms with Crippen LogP contribution < -0.4 is 14.8 Å². The van der Waals surface area contributed by atoms with Gasteiger partial charge in [0.15, 0.2) is 5.78 Å². The van der Waals surface area contributed by atoms with E-state index in [1.807, 2.05) is 0 Å². The Balaban J connectivity index is 1.87. The van der Waals surface area contributed by atoms with E-state index in [1.165, 1.54) is 50.4 Å². The first kappa shape index (κ1) is 23.4. The molecular weight excluding hydrogens is 450 g/mol. The predicted octanol–water partition coefficient (Wildman–Crippen LogP) is 3.86. The molecule has 0 bridgehead atoms. The van der Waals surface area contributed by atoms with E-state index in [0.29, 0.717) is 11.3 Å². The van der Waals surface area contributed by atoms with Gasteiger partial charge < -0.3 is 10.1 Å². The third kappa shape index (κ3) is 5.52. The molecule has 0 atom stereocenters. The monoisotopic (exact) mass is 469 g/mol. The lowest BCUT2D eigenvalue weighted by atomic mass is 10.1. The summed E-state index contributed by atoms with van der Waals surface area (Å²) in [6.45, 7) is 1.40. The molecule has 3 rings (SSSR count). The van der Waals surface area contributed by atoms with Crippen LogP contribution in [0.25, 0.3) is 0 Å². The maximum Gasteiger partial charge on any atom is 0.271 e. The van der Waals surface area contributed by atoms with Crippen LogP contribution in [-0.4, -0.2) is 32.1 Å². The smallest absolute Gasteiger partial charge is 0.271 e.